The van der Waals surface area contributed by atoms with Crippen LogP contribution in [0.1, 0.15) is 50.9 Å². The van der Waals surface area contributed by atoms with Crippen LogP contribution in [0, 0.1) is 5.92 Å². The zero-order valence-corrected chi connectivity index (χ0v) is 11.2. The summed E-state index contributed by atoms with van der Waals surface area (Å²) in [7, 11) is 4.04. The third-order valence-corrected chi connectivity index (χ3v) is 3.03. The van der Waals surface area contributed by atoms with Crippen molar-refractivity contribution in [1.82, 2.24) is 15.1 Å². The van der Waals surface area contributed by atoms with Gasteiger partial charge < -0.3 is 5.32 Å². The Bertz CT molecular complexity index is 315. The Hall–Kier alpha value is -0.830. The third-order valence-electron chi connectivity index (χ3n) is 3.03. The number of aryl methyl sites for hydroxylation is 2. The van der Waals surface area contributed by atoms with Gasteiger partial charge >= 0.3 is 0 Å². The molecular weight excluding hydrogens is 198 g/mol. The van der Waals surface area contributed by atoms with Gasteiger partial charge in [0.25, 0.3) is 0 Å². The fourth-order valence-corrected chi connectivity index (χ4v) is 2.07. The smallest absolute Gasteiger partial charge is 0.0669 e. The fourth-order valence-electron chi connectivity index (χ4n) is 2.07. The first-order valence-electron chi connectivity index (χ1n) is 6.28. The van der Waals surface area contributed by atoms with Gasteiger partial charge in [0.05, 0.1) is 5.69 Å². The van der Waals surface area contributed by atoms with E-state index in [-0.39, 0.29) is 0 Å². The summed E-state index contributed by atoms with van der Waals surface area (Å²) in [4.78, 5) is 0. The van der Waals surface area contributed by atoms with Gasteiger partial charge in [-0.2, -0.15) is 5.10 Å². The van der Waals surface area contributed by atoms with Gasteiger partial charge in [0.2, 0.25) is 0 Å². The Morgan fingerprint density at radius 2 is 2.06 bits per heavy atom. The van der Waals surface area contributed by atoms with Crippen LogP contribution in [0.15, 0.2) is 6.20 Å². The Labute approximate surface area is 99.2 Å². The number of nitrogens with zero attached hydrogens (tertiary/aromatic N) is 2. The molecule has 16 heavy (non-hydrogen) atoms. The Morgan fingerprint density at radius 3 is 2.56 bits per heavy atom. The first kappa shape index (κ1) is 13.2. The molecule has 1 rings (SSSR count). The van der Waals surface area contributed by atoms with E-state index in [2.05, 4.69) is 37.4 Å². The molecule has 1 unspecified atom stereocenters. The molecule has 0 fully saturated rings. The molecular formula is C13H25N3. The van der Waals surface area contributed by atoms with Crippen LogP contribution in [0.4, 0.5) is 0 Å². The molecule has 0 aliphatic carbocycles. The van der Waals surface area contributed by atoms with Crippen LogP contribution in [0.3, 0.4) is 0 Å². The lowest BCUT2D eigenvalue weighted by atomic mass is 9.97. The van der Waals surface area contributed by atoms with Crippen molar-refractivity contribution in [3.05, 3.63) is 17.5 Å². The van der Waals surface area contributed by atoms with E-state index in [1.165, 1.54) is 24.1 Å². The topological polar surface area (TPSA) is 29.9 Å². The molecule has 3 heteroatoms. The average molecular weight is 223 g/mol. The van der Waals surface area contributed by atoms with Crippen molar-refractivity contribution < 1.29 is 0 Å². The van der Waals surface area contributed by atoms with E-state index < -0.39 is 0 Å². The van der Waals surface area contributed by atoms with Crippen molar-refractivity contribution in [2.75, 3.05) is 7.05 Å². The predicted molar refractivity (Wildman–Crippen MR) is 68.5 cm³/mol. The zero-order valence-electron chi connectivity index (χ0n) is 11.2. The molecule has 1 atom stereocenters. The van der Waals surface area contributed by atoms with Crippen LogP contribution in [0.25, 0.3) is 0 Å². The molecule has 0 aliphatic rings. The SMILES string of the molecule is CCc1nn(C)cc1C(CCC(C)C)NC. The summed E-state index contributed by atoms with van der Waals surface area (Å²) in [5, 5.41) is 7.91. The third kappa shape index (κ3) is 3.34. The van der Waals surface area contributed by atoms with Crippen LogP contribution in [-0.2, 0) is 13.5 Å². The maximum Gasteiger partial charge on any atom is 0.0669 e. The van der Waals surface area contributed by atoms with Gasteiger partial charge in [-0.3, -0.25) is 4.68 Å². The van der Waals surface area contributed by atoms with Crippen LogP contribution in [-0.4, -0.2) is 16.8 Å². The first-order chi connectivity index (χ1) is 7.58. The van der Waals surface area contributed by atoms with Crippen LogP contribution in [0.5, 0.6) is 0 Å². The van der Waals surface area contributed by atoms with E-state index >= 15 is 0 Å². The molecule has 0 spiro atoms. The number of rotatable bonds is 6. The van der Waals surface area contributed by atoms with Crippen molar-refractivity contribution in [1.29, 1.82) is 0 Å². The Balaban J connectivity index is 2.77. The molecule has 0 radical (unpaired) electrons. The molecule has 1 heterocycles. The number of hydrogen-bond donors (Lipinski definition) is 1. The average Bonchev–Trinajstić information content (AvgIpc) is 2.60. The molecule has 0 aromatic carbocycles. The van der Waals surface area contributed by atoms with E-state index in [1.807, 2.05) is 18.8 Å². The lowest BCUT2D eigenvalue weighted by Crippen LogP contribution is -2.17. The summed E-state index contributed by atoms with van der Waals surface area (Å²) in [6.07, 6.45) is 5.60. The summed E-state index contributed by atoms with van der Waals surface area (Å²) in [6.45, 7) is 6.72. The summed E-state index contributed by atoms with van der Waals surface area (Å²) in [6, 6.07) is 0.450. The molecule has 0 saturated carbocycles. The minimum Gasteiger partial charge on any atom is -0.313 e. The van der Waals surface area contributed by atoms with E-state index in [0.717, 1.165) is 12.3 Å². The quantitative estimate of drug-likeness (QED) is 0.803. The monoisotopic (exact) mass is 223 g/mol. The van der Waals surface area contributed by atoms with Gasteiger partial charge in [-0.05, 0) is 32.2 Å². The standard InChI is InChI=1S/C13H25N3/c1-6-12-11(9-16(5)15-12)13(14-4)8-7-10(2)3/h9-10,13-14H,6-8H2,1-5H3. The minimum absolute atomic E-state index is 0.450. The van der Waals surface area contributed by atoms with Crippen molar-refractivity contribution in [2.24, 2.45) is 13.0 Å². The van der Waals surface area contributed by atoms with Gasteiger partial charge in [-0.25, -0.2) is 0 Å². The van der Waals surface area contributed by atoms with Crippen molar-refractivity contribution in [2.45, 2.75) is 46.1 Å². The highest BCUT2D eigenvalue weighted by Crippen LogP contribution is 2.23. The molecule has 0 amide bonds. The van der Waals surface area contributed by atoms with Crippen molar-refractivity contribution >= 4 is 0 Å². The molecule has 0 aliphatic heterocycles. The Morgan fingerprint density at radius 1 is 1.38 bits per heavy atom. The summed E-state index contributed by atoms with van der Waals surface area (Å²) < 4.78 is 1.92. The predicted octanol–water partition coefficient (Wildman–Crippen LogP) is 2.68. The largest absolute Gasteiger partial charge is 0.313 e. The normalized spacial score (nSPS) is 13.4. The van der Waals surface area contributed by atoms with Crippen LogP contribution >= 0.6 is 0 Å². The molecule has 1 N–H and O–H groups in total. The maximum absolute atomic E-state index is 4.50. The highest BCUT2D eigenvalue weighted by molar-refractivity contribution is 5.21. The number of nitrogens with one attached hydrogen (secondary N) is 1. The van der Waals surface area contributed by atoms with E-state index in [1.54, 1.807) is 0 Å². The second-order valence-corrected chi connectivity index (χ2v) is 4.87. The van der Waals surface area contributed by atoms with Gasteiger partial charge in [0.15, 0.2) is 0 Å². The van der Waals surface area contributed by atoms with Crippen LogP contribution < -0.4 is 5.32 Å². The minimum atomic E-state index is 0.450. The van der Waals surface area contributed by atoms with Gasteiger partial charge in [0, 0.05) is 24.8 Å². The summed E-state index contributed by atoms with van der Waals surface area (Å²) >= 11 is 0. The summed E-state index contributed by atoms with van der Waals surface area (Å²) in [5.74, 6) is 0.762. The lowest BCUT2D eigenvalue weighted by molar-refractivity contribution is 0.463. The second kappa shape index (κ2) is 6.04. The molecule has 1 aromatic rings. The molecule has 0 saturated heterocycles. The highest BCUT2D eigenvalue weighted by Gasteiger charge is 2.16. The molecule has 1 aromatic heterocycles. The van der Waals surface area contributed by atoms with Gasteiger partial charge in [-0.15, -0.1) is 0 Å². The highest BCUT2D eigenvalue weighted by atomic mass is 15.3. The number of aromatic nitrogens is 2. The van der Waals surface area contributed by atoms with E-state index in [0.29, 0.717) is 6.04 Å². The molecule has 3 nitrogen and oxygen atoms in total. The molecule has 92 valence electrons. The first-order valence-corrected chi connectivity index (χ1v) is 6.28. The molecule has 0 bridgehead atoms. The van der Waals surface area contributed by atoms with E-state index in [9.17, 15) is 0 Å². The fraction of sp³-hybridized carbons (Fsp3) is 0.769. The van der Waals surface area contributed by atoms with Crippen molar-refractivity contribution in [3.8, 4) is 0 Å². The second-order valence-electron chi connectivity index (χ2n) is 4.87. The van der Waals surface area contributed by atoms with Gasteiger partial charge in [-0.1, -0.05) is 20.8 Å². The maximum atomic E-state index is 4.50. The zero-order chi connectivity index (χ0) is 12.1. The van der Waals surface area contributed by atoms with Crippen molar-refractivity contribution in [3.63, 3.8) is 0 Å². The van der Waals surface area contributed by atoms with E-state index in [4.69, 9.17) is 0 Å². The van der Waals surface area contributed by atoms with Gasteiger partial charge in [0.1, 0.15) is 0 Å². The van der Waals surface area contributed by atoms with Crippen LogP contribution in [0.2, 0.25) is 0 Å². The Kier molecular flexibility index (Phi) is 5.00. The lowest BCUT2D eigenvalue weighted by Gasteiger charge is -2.17. The number of hydrogen-bond acceptors (Lipinski definition) is 2. The summed E-state index contributed by atoms with van der Waals surface area (Å²) in [5.41, 5.74) is 2.60.